The van der Waals surface area contributed by atoms with E-state index in [2.05, 4.69) is 41.2 Å². The lowest BCUT2D eigenvalue weighted by Gasteiger charge is -2.16. The van der Waals surface area contributed by atoms with E-state index < -0.39 is 0 Å². The van der Waals surface area contributed by atoms with Crippen molar-refractivity contribution in [2.24, 2.45) is 5.41 Å². The molecule has 1 aliphatic carbocycles. The molecular weight excluding hydrogens is 378 g/mol. The highest BCUT2D eigenvalue weighted by atomic mass is 35.5. The van der Waals surface area contributed by atoms with Crippen molar-refractivity contribution in [1.82, 2.24) is 15.1 Å². The van der Waals surface area contributed by atoms with Gasteiger partial charge in [0.2, 0.25) is 0 Å². The topological polar surface area (TPSA) is 107 Å². The molecule has 3 aromatic heterocycles. The number of nitrogen functional groups attached to an aromatic ring is 1. The Morgan fingerprint density at radius 3 is 2.68 bits per heavy atom. The minimum atomic E-state index is -0.228. The SMILES string of the molecule is CC(C)(C)Cc1noc2nc(C3CC3)cc(C(=O)Nc3ccc(N)nc3)c12.Cl. The van der Waals surface area contributed by atoms with Crippen LogP contribution in [0.2, 0.25) is 0 Å². The third-order valence-electron chi connectivity index (χ3n) is 4.52. The number of fused-ring (bicyclic) bond motifs is 1. The molecule has 1 amide bonds. The maximum Gasteiger partial charge on any atom is 0.259 e. The van der Waals surface area contributed by atoms with Crippen LogP contribution in [0.1, 0.15) is 61.3 Å². The highest BCUT2D eigenvalue weighted by Gasteiger charge is 2.30. The number of anilines is 2. The molecule has 0 radical (unpaired) electrons. The number of nitrogens with two attached hydrogens (primary N) is 1. The molecule has 0 aromatic carbocycles. The van der Waals surface area contributed by atoms with E-state index in [4.69, 9.17) is 10.3 Å². The van der Waals surface area contributed by atoms with E-state index in [1.165, 1.54) is 6.20 Å². The van der Waals surface area contributed by atoms with Crippen LogP contribution in [0.5, 0.6) is 0 Å². The first-order valence-electron chi connectivity index (χ1n) is 9.12. The number of amides is 1. The lowest BCUT2D eigenvalue weighted by Crippen LogP contribution is -2.15. The number of pyridine rings is 2. The zero-order valence-electron chi connectivity index (χ0n) is 16.2. The Balaban J connectivity index is 0.00000225. The molecule has 0 aliphatic heterocycles. The first-order chi connectivity index (χ1) is 12.8. The molecule has 0 bridgehead atoms. The number of aromatic nitrogens is 3. The average Bonchev–Trinajstić information content (AvgIpc) is 3.38. The minimum Gasteiger partial charge on any atom is -0.384 e. The van der Waals surface area contributed by atoms with Gasteiger partial charge in [0.1, 0.15) is 5.82 Å². The predicted octanol–water partition coefficient (Wildman–Crippen LogP) is 4.34. The van der Waals surface area contributed by atoms with Crippen molar-refractivity contribution in [2.45, 2.75) is 46.0 Å². The first-order valence-corrected chi connectivity index (χ1v) is 9.12. The smallest absolute Gasteiger partial charge is 0.259 e. The molecule has 3 aromatic rings. The fourth-order valence-electron chi connectivity index (χ4n) is 3.10. The summed E-state index contributed by atoms with van der Waals surface area (Å²) in [7, 11) is 0. The highest BCUT2D eigenvalue weighted by Crippen LogP contribution is 2.41. The molecule has 7 nitrogen and oxygen atoms in total. The summed E-state index contributed by atoms with van der Waals surface area (Å²) in [4.78, 5) is 21.7. The summed E-state index contributed by atoms with van der Waals surface area (Å²) in [6.45, 7) is 6.37. The zero-order valence-corrected chi connectivity index (χ0v) is 17.0. The van der Waals surface area contributed by atoms with Crippen molar-refractivity contribution in [3.8, 4) is 0 Å². The second kappa shape index (κ2) is 7.39. The molecule has 3 N–H and O–H groups in total. The van der Waals surface area contributed by atoms with Crippen LogP contribution in [0.25, 0.3) is 11.1 Å². The normalized spacial score (nSPS) is 14.0. The Bertz CT molecular complexity index is 1000. The van der Waals surface area contributed by atoms with Gasteiger partial charge in [-0.25, -0.2) is 9.97 Å². The number of carbonyl (C=O) groups excluding carboxylic acids is 1. The summed E-state index contributed by atoms with van der Waals surface area (Å²) in [5, 5.41) is 7.80. The van der Waals surface area contributed by atoms with E-state index in [1.807, 2.05) is 6.07 Å². The average molecular weight is 402 g/mol. The Morgan fingerprint density at radius 1 is 1.32 bits per heavy atom. The van der Waals surface area contributed by atoms with Gasteiger partial charge in [0.05, 0.1) is 28.5 Å². The molecule has 28 heavy (non-hydrogen) atoms. The monoisotopic (exact) mass is 401 g/mol. The fourth-order valence-corrected chi connectivity index (χ4v) is 3.10. The molecule has 3 heterocycles. The van der Waals surface area contributed by atoms with Crippen LogP contribution in [0, 0.1) is 5.41 Å². The molecule has 8 heteroatoms. The largest absolute Gasteiger partial charge is 0.384 e. The van der Waals surface area contributed by atoms with Gasteiger partial charge in [0.25, 0.3) is 11.6 Å². The van der Waals surface area contributed by atoms with Crippen molar-refractivity contribution in [2.75, 3.05) is 11.1 Å². The fraction of sp³-hybridized carbons (Fsp3) is 0.400. The van der Waals surface area contributed by atoms with Gasteiger partial charge in [-0.2, -0.15) is 0 Å². The van der Waals surface area contributed by atoms with Crippen molar-refractivity contribution >= 4 is 40.9 Å². The van der Waals surface area contributed by atoms with Gasteiger partial charge in [-0.1, -0.05) is 25.9 Å². The van der Waals surface area contributed by atoms with Gasteiger partial charge in [-0.3, -0.25) is 4.79 Å². The van der Waals surface area contributed by atoms with Crippen LogP contribution < -0.4 is 11.1 Å². The van der Waals surface area contributed by atoms with E-state index in [0.717, 1.165) is 24.2 Å². The molecule has 4 rings (SSSR count). The summed E-state index contributed by atoms with van der Waals surface area (Å²) in [6, 6.07) is 5.26. The van der Waals surface area contributed by atoms with Gasteiger partial charge >= 0.3 is 0 Å². The van der Waals surface area contributed by atoms with Gasteiger partial charge in [-0.05, 0) is 42.9 Å². The van der Waals surface area contributed by atoms with E-state index in [0.29, 0.717) is 40.5 Å². The van der Waals surface area contributed by atoms with Gasteiger partial charge in [-0.15, -0.1) is 12.4 Å². The summed E-state index contributed by atoms with van der Waals surface area (Å²) in [6.07, 6.45) is 4.40. The summed E-state index contributed by atoms with van der Waals surface area (Å²) < 4.78 is 5.50. The van der Waals surface area contributed by atoms with Crippen molar-refractivity contribution in [3.05, 3.63) is 41.3 Å². The van der Waals surface area contributed by atoms with Crippen molar-refractivity contribution < 1.29 is 9.32 Å². The number of nitrogens with zero attached hydrogens (tertiary/aromatic N) is 3. The Morgan fingerprint density at radius 2 is 2.07 bits per heavy atom. The molecule has 0 spiro atoms. The number of rotatable bonds is 4. The van der Waals surface area contributed by atoms with E-state index >= 15 is 0 Å². The van der Waals surface area contributed by atoms with Crippen LogP contribution in [0.3, 0.4) is 0 Å². The number of hydrogen-bond donors (Lipinski definition) is 2. The van der Waals surface area contributed by atoms with Crippen LogP contribution in [0.15, 0.2) is 28.9 Å². The van der Waals surface area contributed by atoms with Crippen LogP contribution in [-0.4, -0.2) is 21.0 Å². The Hall–Kier alpha value is -2.67. The maximum atomic E-state index is 13.1. The number of hydrogen-bond acceptors (Lipinski definition) is 6. The van der Waals surface area contributed by atoms with E-state index in [1.54, 1.807) is 12.1 Å². The quantitative estimate of drug-likeness (QED) is 0.673. The highest BCUT2D eigenvalue weighted by molar-refractivity contribution is 6.12. The molecule has 1 saturated carbocycles. The van der Waals surface area contributed by atoms with Gasteiger partial charge in [0, 0.05) is 11.6 Å². The summed E-state index contributed by atoms with van der Waals surface area (Å²) in [5.74, 6) is 0.575. The third kappa shape index (κ3) is 4.25. The van der Waals surface area contributed by atoms with Gasteiger partial charge < -0.3 is 15.6 Å². The summed E-state index contributed by atoms with van der Waals surface area (Å²) in [5.41, 5.74) is 8.83. The second-order valence-electron chi connectivity index (χ2n) is 8.34. The van der Waals surface area contributed by atoms with Crippen molar-refractivity contribution in [3.63, 3.8) is 0 Å². The predicted molar refractivity (Wildman–Crippen MR) is 111 cm³/mol. The lowest BCUT2D eigenvalue weighted by molar-refractivity contribution is 0.102. The molecule has 0 atom stereocenters. The van der Waals surface area contributed by atoms with E-state index in [9.17, 15) is 4.79 Å². The summed E-state index contributed by atoms with van der Waals surface area (Å²) >= 11 is 0. The molecule has 1 fully saturated rings. The second-order valence-corrected chi connectivity index (χ2v) is 8.34. The molecular formula is C20H24ClN5O2. The number of halogens is 1. The Kier molecular flexibility index (Phi) is 5.30. The molecule has 0 saturated heterocycles. The van der Waals surface area contributed by atoms with Crippen molar-refractivity contribution in [1.29, 1.82) is 0 Å². The standard InChI is InChI=1S/C20H23N5O2.ClH/c1-20(2,3)9-15-17-13(18(26)23-12-6-7-16(21)22-10-12)8-14(11-4-5-11)24-19(17)27-25-15;/h6-8,10-11H,4-5,9H2,1-3H3,(H2,21,22)(H,23,26);1H. The molecule has 1 aliphatic rings. The third-order valence-corrected chi connectivity index (χ3v) is 4.52. The zero-order chi connectivity index (χ0) is 19.2. The first kappa shape index (κ1) is 20.1. The van der Waals surface area contributed by atoms with Gasteiger partial charge in [0.15, 0.2) is 0 Å². The number of nitrogens with one attached hydrogen (secondary N) is 1. The maximum absolute atomic E-state index is 13.1. The van der Waals surface area contributed by atoms with E-state index in [-0.39, 0.29) is 23.7 Å². The lowest BCUT2D eigenvalue weighted by atomic mass is 9.89. The Labute approximate surface area is 169 Å². The van der Waals surface area contributed by atoms with Crippen LogP contribution in [-0.2, 0) is 6.42 Å². The van der Waals surface area contributed by atoms with Crippen LogP contribution in [0.4, 0.5) is 11.5 Å². The molecule has 0 unspecified atom stereocenters. The van der Waals surface area contributed by atoms with Crippen LogP contribution >= 0.6 is 12.4 Å². The molecule has 148 valence electrons. The minimum absolute atomic E-state index is 0. The number of carbonyl (C=O) groups is 1.